The largest absolute Gasteiger partial charge is 0.442 e. The third kappa shape index (κ3) is 1.58. The van der Waals surface area contributed by atoms with Crippen molar-refractivity contribution in [3.8, 4) is 0 Å². The van der Waals surface area contributed by atoms with Gasteiger partial charge < -0.3 is 13.9 Å². The number of aryl methyl sites for hydroxylation is 2. The fraction of sp³-hybridized carbons (Fsp3) is 0.429. The molecule has 1 aliphatic carbocycles. The van der Waals surface area contributed by atoms with Crippen molar-refractivity contribution in [3.63, 3.8) is 0 Å². The van der Waals surface area contributed by atoms with Gasteiger partial charge in [-0.2, -0.15) is 0 Å². The quantitative estimate of drug-likeness (QED) is 0.596. The number of aromatic nitrogens is 1. The topological polar surface area (TPSA) is 21.3 Å². The highest BCUT2D eigenvalue weighted by Crippen LogP contribution is 2.59. The molecule has 0 N–H and O–H groups in total. The Kier molecular flexibility index (Phi) is 2.77. The standard InChI is InChI=1S/C21H24N2O/c1-14-8-4-5-9-17(14)23-15(2)18-16-10-13-22(3)20(16)24-19(18)21(23)11-6-7-12-21/h4-5,8-10,13,15H,6-7,11-12H2,1-3H3/t15-/m0/s1. The third-order valence-corrected chi connectivity index (χ3v) is 6.24. The highest BCUT2D eigenvalue weighted by Gasteiger charge is 2.54. The van der Waals surface area contributed by atoms with E-state index in [9.17, 15) is 0 Å². The van der Waals surface area contributed by atoms with E-state index in [0.29, 0.717) is 6.04 Å². The van der Waals surface area contributed by atoms with E-state index in [1.165, 1.54) is 53.6 Å². The van der Waals surface area contributed by atoms with E-state index in [4.69, 9.17) is 4.42 Å². The summed E-state index contributed by atoms with van der Waals surface area (Å²) in [6, 6.07) is 11.4. The zero-order valence-corrected chi connectivity index (χ0v) is 14.7. The molecule has 1 aliphatic heterocycles. The summed E-state index contributed by atoms with van der Waals surface area (Å²) < 4.78 is 8.61. The number of fused-ring (bicyclic) bond motifs is 4. The molecule has 1 spiro atoms. The van der Waals surface area contributed by atoms with Gasteiger partial charge in [0.15, 0.2) is 0 Å². The van der Waals surface area contributed by atoms with Crippen molar-refractivity contribution in [2.45, 2.75) is 51.1 Å². The monoisotopic (exact) mass is 320 g/mol. The third-order valence-electron chi connectivity index (χ3n) is 6.24. The zero-order chi connectivity index (χ0) is 16.5. The van der Waals surface area contributed by atoms with Crippen molar-refractivity contribution in [1.82, 2.24) is 4.57 Å². The maximum Gasteiger partial charge on any atom is 0.207 e. The first-order valence-electron chi connectivity index (χ1n) is 9.07. The summed E-state index contributed by atoms with van der Waals surface area (Å²) >= 11 is 0. The van der Waals surface area contributed by atoms with Gasteiger partial charge in [0.25, 0.3) is 0 Å². The van der Waals surface area contributed by atoms with Crippen molar-refractivity contribution < 1.29 is 4.42 Å². The molecule has 2 aromatic heterocycles. The van der Waals surface area contributed by atoms with E-state index in [0.717, 1.165) is 5.71 Å². The second-order valence-electron chi connectivity index (χ2n) is 7.56. The first-order valence-corrected chi connectivity index (χ1v) is 9.07. The average molecular weight is 320 g/mol. The molecule has 0 unspecified atom stereocenters. The number of hydrogen-bond acceptors (Lipinski definition) is 2. The van der Waals surface area contributed by atoms with Gasteiger partial charge in [-0.25, -0.2) is 0 Å². The molecule has 0 bridgehead atoms. The van der Waals surface area contributed by atoms with Gasteiger partial charge >= 0.3 is 0 Å². The van der Waals surface area contributed by atoms with Crippen LogP contribution in [0.1, 0.15) is 55.5 Å². The van der Waals surface area contributed by atoms with Crippen LogP contribution < -0.4 is 4.90 Å². The molecule has 1 saturated carbocycles. The van der Waals surface area contributed by atoms with Crippen LogP contribution in [0.25, 0.3) is 11.1 Å². The molecule has 3 aromatic rings. The molecule has 3 heteroatoms. The predicted octanol–water partition coefficient (Wildman–Crippen LogP) is 5.43. The molecule has 24 heavy (non-hydrogen) atoms. The molecular formula is C21H24N2O. The zero-order valence-electron chi connectivity index (χ0n) is 14.7. The van der Waals surface area contributed by atoms with E-state index in [-0.39, 0.29) is 5.54 Å². The van der Waals surface area contributed by atoms with Crippen LogP contribution in [0.2, 0.25) is 0 Å². The van der Waals surface area contributed by atoms with E-state index >= 15 is 0 Å². The van der Waals surface area contributed by atoms with E-state index < -0.39 is 0 Å². The van der Waals surface area contributed by atoms with E-state index in [2.05, 4.69) is 66.9 Å². The lowest BCUT2D eigenvalue weighted by Crippen LogP contribution is -2.40. The minimum absolute atomic E-state index is 0.0416. The first-order chi connectivity index (χ1) is 11.6. The summed E-state index contributed by atoms with van der Waals surface area (Å²) in [5.74, 6) is 1.23. The molecule has 124 valence electrons. The van der Waals surface area contributed by atoms with Gasteiger partial charge in [-0.05, 0) is 44.4 Å². The molecule has 2 aliphatic rings. The number of rotatable bonds is 1. The fourth-order valence-electron chi connectivity index (χ4n) is 5.19. The van der Waals surface area contributed by atoms with Gasteiger partial charge in [0.05, 0.1) is 11.6 Å². The normalized spacial score (nSPS) is 22.0. The summed E-state index contributed by atoms with van der Waals surface area (Å²) in [6.45, 7) is 4.57. The Hall–Kier alpha value is -2.16. The fourth-order valence-corrected chi connectivity index (χ4v) is 5.19. The molecule has 3 nitrogen and oxygen atoms in total. The summed E-state index contributed by atoms with van der Waals surface area (Å²) in [7, 11) is 2.08. The van der Waals surface area contributed by atoms with Crippen LogP contribution in [0, 0.1) is 6.92 Å². The second-order valence-corrected chi connectivity index (χ2v) is 7.56. The van der Waals surface area contributed by atoms with Gasteiger partial charge in [0.2, 0.25) is 5.71 Å². The maximum absolute atomic E-state index is 6.50. The van der Waals surface area contributed by atoms with Crippen molar-refractivity contribution in [3.05, 3.63) is 53.4 Å². The van der Waals surface area contributed by atoms with Crippen LogP contribution >= 0.6 is 0 Å². The summed E-state index contributed by atoms with van der Waals surface area (Å²) in [5.41, 5.74) is 5.20. The molecule has 0 amide bonds. The van der Waals surface area contributed by atoms with Gasteiger partial charge in [-0.1, -0.05) is 31.0 Å². The Bertz CT molecular complexity index is 927. The number of para-hydroxylation sites is 1. The molecule has 0 saturated heterocycles. The number of hydrogen-bond donors (Lipinski definition) is 0. The minimum Gasteiger partial charge on any atom is -0.442 e. The molecule has 3 heterocycles. The second kappa shape index (κ2) is 4.69. The van der Waals surface area contributed by atoms with E-state index in [1.807, 2.05) is 0 Å². The van der Waals surface area contributed by atoms with E-state index in [1.54, 1.807) is 0 Å². The van der Waals surface area contributed by atoms with Crippen molar-refractivity contribution in [2.24, 2.45) is 7.05 Å². The van der Waals surface area contributed by atoms with Crippen LogP contribution in [0.4, 0.5) is 5.69 Å². The Labute approximate surface area is 142 Å². The molecule has 5 rings (SSSR count). The molecule has 0 radical (unpaired) electrons. The highest BCUT2D eigenvalue weighted by molar-refractivity contribution is 5.84. The van der Waals surface area contributed by atoms with Gasteiger partial charge in [-0.3, -0.25) is 0 Å². The van der Waals surface area contributed by atoms with Crippen LogP contribution in [0.5, 0.6) is 0 Å². The molecule has 1 aromatic carbocycles. The number of benzene rings is 1. The van der Waals surface area contributed by atoms with Crippen LogP contribution in [-0.2, 0) is 12.6 Å². The lowest BCUT2D eigenvalue weighted by molar-refractivity contribution is 0.344. The highest BCUT2D eigenvalue weighted by atomic mass is 16.4. The summed E-state index contributed by atoms with van der Waals surface area (Å²) in [4.78, 5) is 2.66. The SMILES string of the molecule is Cc1ccccc1N1[C@@H](C)c2c(oc3c2ccn3C)C12CCCC2. The first kappa shape index (κ1) is 14.2. The van der Waals surface area contributed by atoms with Crippen LogP contribution in [-0.4, -0.2) is 4.57 Å². The number of nitrogens with zero attached hydrogens (tertiary/aromatic N) is 2. The van der Waals surface area contributed by atoms with Gasteiger partial charge in [0, 0.05) is 29.9 Å². The van der Waals surface area contributed by atoms with Crippen LogP contribution in [0.15, 0.2) is 40.9 Å². The van der Waals surface area contributed by atoms with Gasteiger partial charge in [-0.15, -0.1) is 0 Å². The molecule has 1 fully saturated rings. The van der Waals surface area contributed by atoms with Crippen molar-refractivity contribution in [1.29, 1.82) is 0 Å². The Morgan fingerprint density at radius 3 is 2.62 bits per heavy atom. The predicted molar refractivity (Wildman–Crippen MR) is 97.4 cm³/mol. The summed E-state index contributed by atoms with van der Waals surface area (Å²) in [6.07, 6.45) is 7.06. The summed E-state index contributed by atoms with van der Waals surface area (Å²) in [5, 5.41) is 1.29. The lowest BCUT2D eigenvalue weighted by Gasteiger charge is -2.40. The van der Waals surface area contributed by atoms with Crippen molar-refractivity contribution >= 4 is 16.8 Å². The lowest BCUT2D eigenvalue weighted by atomic mass is 9.93. The van der Waals surface area contributed by atoms with Crippen molar-refractivity contribution in [2.75, 3.05) is 4.90 Å². The number of anilines is 1. The molecular weight excluding hydrogens is 296 g/mol. The maximum atomic E-state index is 6.50. The van der Waals surface area contributed by atoms with Gasteiger partial charge in [0.1, 0.15) is 5.76 Å². The molecule has 1 atom stereocenters. The van der Waals surface area contributed by atoms with Crippen LogP contribution in [0.3, 0.4) is 0 Å². The Morgan fingerprint density at radius 2 is 1.88 bits per heavy atom. The Balaban J connectivity index is 1.79. The average Bonchev–Trinajstić information content (AvgIpc) is 3.29. The Morgan fingerprint density at radius 1 is 1.12 bits per heavy atom. The smallest absolute Gasteiger partial charge is 0.207 e. The minimum atomic E-state index is 0.0416. The number of furan rings is 1.